The fraction of sp³-hybridized carbons (Fsp3) is 0.167. The fourth-order valence-electron chi connectivity index (χ4n) is 2.11. The maximum absolute atomic E-state index is 11.8. The summed E-state index contributed by atoms with van der Waals surface area (Å²) in [6, 6.07) is 15.4. The Hall–Kier alpha value is -2.80. The molecule has 1 aromatic heterocycles. The molecule has 0 atom stereocenters. The molecule has 0 aliphatic rings. The molecule has 128 valence electrons. The van der Waals surface area contributed by atoms with Crippen LogP contribution in [-0.2, 0) is 4.79 Å². The average Bonchev–Trinajstić information content (AvgIpc) is 3.03. The molecule has 3 aromatic rings. The Morgan fingerprint density at radius 2 is 2.00 bits per heavy atom. The number of benzene rings is 2. The van der Waals surface area contributed by atoms with E-state index in [0.29, 0.717) is 10.8 Å². The maximum Gasteiger partial charge on any atom is 0.257 e. The van der Waals surface area contributed by atoms with Crippen molar-refractivity contribution < 1.29 is 9.21 Å². The lowest BCUT2D eigenvalue weighted by atomic mass is 10.2. The summed E-state index contributed by atoms with van der Waals surface area (Å²) in [5.41, 5.74) is 6.02. The number of hydrogen-bond acceptors (Lipinski definition) is 6. The molecule has 7 heteroatoms. The lowest BCUT2D eigenvalue weighted by molar-refractivity contribution is -0.118. The maximum atomic E-state index is 11.8. The molecule has 0 saturated heterocycles. The van der Waals surface area contributed by atoms with Crippen LogP contribution in [0.25, 0.3) is 11.1 Å². The molecule has 3 rings (SSSR count). The summed E-state index contributed by atoms with van der Waals surface area (Å²) in [6.07, 6.45) is 1.61. The van der Waals surface area contributed by atoms with Crippen molar-refractivity contribution in [2.24, 2.45) is 5.10 Å². The van der Waals surface area contributed by atoms with Crippen LogP contribution in [-0.4, -0.2) is 37.0 Å². The number of hydrogen-bond donors (Lipinski definition) is 1. The zero-order chi connectivity index (χ0) is 17.6. The van der Waals surface area contributed by atoms with E-state index >= 15 is 0 Å². The van der Waals surface area contributed by atoms with E-state index in [1.165, 1.54) is 11.8 Å². The third kappa shape index (κ3) is 4.60. The van der Waals surface area contributed by atoms with Gasteiger partial charge in [-0.2, -0.15) is 5.10 Å². The Morgan fingerprint density at radius 3 is 2.72 bits per heavy atom. The first kappa shape index (κ1) is 17.0. The smallest absolute Gasteiger partial charge is 0.257 e. The monoisotopic (exact) mass is 354 g/mol. The summed E-state index contributed by atoms with van der Waals surface area (Å²) >= 11 is 1.24. The minimum Gasteiger partial charge on any atom is -0.431 e. The number of carbonyl (C=O) groups is 1. The summed E-state index contributed by atoms with van der Waals surface area (Å²) in [4.78, 5) is 18.2. The molecule has 1 N–H and O–H groups in total. The van der Waals surface area contributed by atoms with Crippen molar-refractivity contribution in [3.63, 3.8) is 0 Å². The molecule has 0 fully saturated rings. The highest BCUT2D eigenvalue weighted by Gasteiger charge is 2.08. The van der Waals surface area contributed by atoms with Crippen LogP contribution in [0, 0.1) is 0 Å². The molecule has 1 heterocycles. The van der Waals surface area contributed by atoms with Crippen LogP contribution in [0.1, 0.15) is 5.56 Å². The van der Waals surface area contributed by atoms with Crippen LogP contribution in [0.4, 0.5) is 5.69 Å². The topological polar surface area (TPSA) is 70.7 Å². The number of nitrogens with zero attached hydrogens (tertiary/aromatic N) is 3. The van der Waals surface area contributed by atoms with E-state index in [0.717, 1.165) is 16.8 Å². The van der Waals surface area contributed by atoms with Gasteiger partial charge in [-0.25, -0.2) is 10.4 Å². The normalized spacial score (nSPS) is 11.1. The van der Waals surface area contributed by atoms with Gasteiger partial charge in [-0.15, -0.1) is 0 Å². The molecule has 0 aliphatic heterocycles. The van der Waals surface area contributed by atoms with Crippen molar-refractivity contribution in [3.8, 4) is 0 Å². The van der Waals surface area contributed by atoms with Crippen molar-refractivity contribution in [2.75, 3.05) is 24.7 Å². The van der Waals surface area contributed by atoms with E-state index in [2.05, 4.69) is 15.5 Å². The molecule has 0 bridgehead atoms. The Morgan fingerprint density at radius 1 is 1.24 bits per heavy atom. The summed E-state index contributed by atoms with van der Waals surface area (Å²) in [5, 5.41) is 4.44. The van der Waals surface area contributed by atoms with Crippen molar-refractivity contribution >= 4 is 40.7 Å². The Labute approximate surface area is 149 Å². The molecule has 0 unspecified atom stereocenters. The van der Waals surface area contributed by atoms with Crippen molar-refractivity contribution in [2.45, 2.75) is 5.22 Å². The highest BCUT2D eigenvalue weighted by Crippen LogP contribution is 2.22. The predicted octanol–water partition coefficient (Wildman–Crippen LogP) is 3.14. The third-order valence-corrected chi connectivity index (χ3v) is 4.24. The molecule has 0 aliphatic carbocycles. The van der Waals surface area contributed by atoms with E-state index in [1.807, 2.05) is 67.5 Å². The third-order valence-electron chi connectivity index (χ3n) is 3.41. The predicted molar refractivity (Wildman–Crippen MR) is 101 cm³/mol. The van der Waals surface area contributed by atoms with Gasteiger partial charge in [0.2, 0.25) is 0 Å². The molecular formula is C18H18N4O2S. The number of nitrogens with one attached hydrogen (secondary N) is 1. The SMILES string of the molecule is CN(C)c1ccc(C=NNC(=O)CSc2nc3ccccc3o2)cc1. The van der Waals surface area contributed by atoms with Crippen molar-refractivity contribution in [1.82, 2.24) is 10.4 Å². The summed E-state index contributed by atoms with van der Waals surface area (Å²) in [5.74, 6) is -0.0302. The van der Waals surface area contributed by atoms with E-state index < -0.39 is 0 Å². The summed E-state index contributed by atoms with van der Waals surface area (Å²) in [6.45, 7) is 0. The summed E-state index contributed by atoms with van der Waals surface area (Å²) < 4.78 is 5.55. The molecule has 0 radical (unpaired) electrons. The first-order valence-electron chi connectivity index (χ1n) is 7.69. The van der Waals surface area contributed by atoms with E-state index in [4.69, 9.17) is 4.42 Å². The lowest BCUT2D eigenvalue weighted by Crippen LogP contribution is -2.19. The molecule has 25 heavy (non-hydrogen) atoms. The van der Waals surface area contributed by atoms with Gasteiger partial charge in [-0.05, 0) is 29.8 Å². The number of oxazole rings is 1. The first-order chi connectivity index (χ1) is 12.1. The second kappa shape index (κ2) is 7.85. The summed E-state index contributed by atoms with van der Waals surface area (Å²) in [7, 11) is 3.97. The van der Waals surface area contributed by atoms with Gasteiger partial charge in [-0.3, -0.25) is 4.79 Å². The number of carbonyl (C=O) groups excluding carboxylic acids is 1. The standard InChI is InChI=1S/C18H18N4O2S/c1-22(2)14-9-7-13(8-10-14)11-19-21-17(23)12-25-18-20-15-5-3-4-6-16(15)24-18/h3-11H,12H2,1-2H3,(H,21,23). The number of aromatic nitrogens is 1. The number of anilines is 1. The van der Waals surface area contributed by atoms with E-state index in [1.54, 1.807) is 6.21 Å². The second-order valence-corrected chi connectivity index (χ2v) is 6.44. The molecule has 2 aromatic carbocycles. The Bertz CT molecular complexity index is 854. The van der Waals surface area contributed by atoms with Gasteiger partial charge in [0.05, 0.1) is 12.0 Å². The molecule has 0 spiro atoms. The fourth-order valence-corrected chi connectivity index (χ4v) is 2.74. The quantitative estimate of drug-likeness (QED) is 0.418. The average molecular weight is 354 g/mol. The minimum atomic E-state index is -0.214. The van der Waals surface area contributed by atoms with Gasteiger partial charge >= 0.3 is 0 Å². The first-order valence-corrected chi connectivity index (χ1v) is 8.68. The minimum absolute atomic E-state index is 0.184. The zero-order valence-electron chi connectivity index (χ0n) is 14.0. The van der Waals surface area contributed by atoms with Crippen molar-refractivity contribution in [1.29, 1.82) is 0 Å². The number of fused-ring (bicyclic) bond motifs is 1. The van der Waals surface area contributed by atoms with Gasteiger partial charge in [-0.1, -0.05) is 36.0 Å². The molecule has 6 nitrogen and oxygen atoms in total. The van der Waals surface area contributed by atoms with Crippen LogP contribution in [0.2, 0.25) is 0 Å². The van der Waals surface area contributed by atoms with Crippen LogP contribution < -0.4 is 10.3 Å². The van der Waals surface area contributed by atoms with Gasteiger partial charge in [0.25, 0.3) is 11.1 Å². The molecule has 0 saturated carbocycles. The number of amides is 1. The van der Waals surface area contributed by atoms with E-state index in [-0.39, 0.29) is 11.7 Å². The van der Waals surface area contributed by atoms with Gasteiger partial charge in [0.1, 0.15) is 5.52 Å². The lowest BCUT2D eigenvalue weighted by Gasteiger charge is -2.11. The van der Waals surface area contributed by atoms with Gasteiger partial charge in [0.15, 0.2) is 5.58 Å². The number of hydrazone groups is 1. The van der Waals surface area contributed by atoms with Crippen molar-refractivity contribution in [3.05, 3.63) is 54.1 Å². The van der Waals surface area contributed by atoms with Gasteiger partial charge < -0.3 is 9.32 Å². The second-order valence-electron chi connectivity index (χ2n) is 5.52. The molecule has 1 amide bonds. The van der Waals surface area contributed by atoms with Gasteiger partial charge in [0, 0.05) is 19.8 Å². The highest BCUT2D eigenvalue weighted by molar-refractivity contribution is 7.99. The number of para-hydroxylation sites is 2. The van der Waals surface area contributed by atoms with E-state index in [9.17, 15) is 4.79 Å². The van der Waals surface area contributed by atoms with Crippen LogP contribution in [0.5, 0.6) is 0 Å². The Balaban J connectivity index is 1.48. The van der Waals surface area contributed by atoms with Crippen LogP contribution in [0.15, 0.2) is 63.3 Å². The highest BCUT2D eigenvalue weighted by atomic mass is 32.2. The Kier molecular flexibility index (Phi) is 5.35. The van der Waals surface area contributed by atoms with Crippen LogP contribution in [0.3, 0.4) is 0 Å². The zero-order valence-corrected chi connectivity index (χ0v) is 14.8. The number of thioether (sulfide) groups is 1. The number of rotatable bonds is 6. The largest absolute Gasteiger partial charge is 0.431 e. The van der Waals surface area contributed by atoms with Crippen LogP contribution >= 0.6 is 11.8 Å². The molecular weight excluding hydrogens is 336 g/mol.